The second-order valence-corrected chi connectivity index (χ2v) is 12.7. The Kier molecular flexibility index (Phi) is 11.3. The largest absolute Gasteiger partial charge is 0.466 e. The molecule has 0 aliphatic carbocycles. The fourth-order valence-electron chi connectivity index (χ4n) is 5.28. The number of esters is 1. The van der Waals surface area contributed by atoms with E-state index in [2.05, 4.69) is 44.2 Å². The average molecular weight is 680 g/mol. The number of amides is 3. The smallest absolute Gasteiger partial charge is 0.331 e. The van der Waals surface area contributed by atoms with Crippen LogP contribution < -0.4 is 10.2 Å². The maximum Gasteiger partial charge on any atom is 0.331 e. The summed E-state index contributed by atoms with van der Waals surface area (Å²) in [6.45, 7) is 3.62. The van der Waals surface area contributed by atoms with Crippen LogP contribution in [0.3, 0.4) is 0 Å². The Morgan fingerprint density at radius 3 is 2.41 bits per heavy atom. The van der Waals surface area contributed by atoms with E-state index in [0.29, 0.717) is 28.7 Å². The van der Waals surface area contributed by atoms with Crippen LogP contribution in [0.25, 0.3) is 0 Å². The number of carbonyl (C=O) groups excluding carboxylic acids is 4. The van der Waals surface area contributed by atoms with Gasteiger partial charge >= 0.3 is 5.97 Å². The molecule has 1 N–H and O–H groups in total. The number of anilines is 1. The molecule has 3 aromatic rings. The van der Waals surface area contributed by atoms with E-state index < -0.39 is 17.8 Å². The average Bonchev–Trinajstić information content (AvgIpc) is 3.35. The van der Waals surface area contributed by atoms with Crippen LogP contribution in [0.1, 0.15) is 45.5 Å². The zero-order valence-electron chi connectivity index (χ0n) is 25.1. The number of nitrogens with zero attached hydrogens (tertiary/aromatic N) is 3. The topological polar surface area (TPSA) is 108 Å². The van der Waals surface area contributed by atoms with Gasteiger partial charge in [-0.1, -0.05) is 53.5 Å². The highest BCUT2D eigenvalue weighted by Gasteiger charge is 2.36. The molecule has 9 nitrogen and oxygen atoms in total. The molecule has 46 heavy (non-hydrogen) atoms. The van der Waals surface area contributed by atoms with Gasteiger partial charge in [-0.3, -0.25) is 24.2 Å². The number of nitrogens with one attached hydrogen (secondary N) is 1. The lowest BCUT2D eigenvalue weighted by Gasteiger charge is -2.32. The van der Waals surface area contributed by atoms with Gasteiger partial charge in [0.15, 0.2) is 5.17 Å². The summed E-state index contributed by atoms with van der Waals surface area (Å²) in [4.78, 5) is 59.0. The highest BCUT2D eigenvalue weighted by Crippen LogP contribution is 2.35. The minimum Gasteiger partial charge on any atom is -0.466 e. The molecular weight excluding hydrogens is 647 g/mol. The van der Waals surface area contributed by atoms with Crippen LogP contribution in [0.4, 0.5) is 5.69 Å². The molecule has 0 aromatic heterocycles. The quantitative estimate of drug-likeness (QED) is 0.207. The van der Waals surface area contributed by atoms with Crippen LogP contribution >= 0.6 is 35.0 Å². The van der Waals surface area contributed by atoms with Gasteiger partial charge in [0.1, 0.15) is 0 Å². The molecule has 2 aliphatic heterocycles. The van der Waals surface area contributed by atoms with Gasteiger partial charge < -0.3 is 10.1 Å². The number of likely N-dealkylation sites (tertiary alicyclic amines) is 1. The Labute approximate surface area is 281 Å². The molecule has 3 aromatic carbocycles. The number of halogens is 2. The van der Waals surface area contributed by atoms with Gasteiger partial charge in [0.25, 0.3) is 17.7 Å². The van der Waals surface area contributed by atoms with Crippen molar-refractivity contribution in [3.63, 3.8) is 0 Å². The van der Waals surface area contributed by atoms with Crippen molar-refractivity contribution in [2.75, 3.05) is 31.6 Å². The Morgan fingerprint density at radius 1 is 1.02 bits per heavy atom. The van der Waals surface area contributed by atoms with E-state index in [1.807, 2.05) is 6.07 Å². The molecule has 0 unspecified atom stereocenters. The number of piperidine rings is 1. The molecular formula is C34H32Cl2N4O5S. The molecule has 0 bridgehead atoms. The van der Waals surface area contributed by atoms with Crippen molar-refractivity contribution in [3.05, 3.63) is 111 Å². The number of thioether (sulfide) groups is 1. The summed E-state index contributed by atoms with van der Waals surface area (Å²) >= 11 is 13.0. The predicted molar refractivity (Wildman–Crippen MR) is 181 cm³/mol. The van der Waals surface area contributed by atoms with Crippen LogP contribution in [-0.2, 0) is 20.9 Å². The highest BCUT2D eigenvalue weighted by molar-refractivity contribution is 8.19. The van der Waals surface area contributed by atoms with Gasteiger partial charge in [0, 0.05) is 29.8 Å². The summed E-state index contributed by atoms with van der Waals surface area (Å²) in [5.41, 5.74) is 2.21. The number of ether oxygens (including phenoxy) is 1. The summed E-state index contributed by atoms with van der Waals surface area (Å²) in [6, 6.07) is 21.2. The number of benzene rings is 3. The normalized spacial score (nSPS) is 17.5. The molecule has 2 aliphatic rings. The third kappa shape index (κ3) is 8.44. The zero-order chi connectivity index (χ0) is 32.6. The first-order chi connectivity index (χ1) is 22.2. The summed E-state index contributed by atoms with van der Waals surface area (Å²) in [7, 11) is 1.20. The van der Waals surface area contributed by atoms with Gasteiger partial charge in [-0.2, -0.15) is 4.99 Å². The fourth-order valence-corrected chi connectivity index (χ4v) is 6.71. The minimum atomic E-state index is -0.728. The molecule has 12 heteroatoms. The number of aliphatic imine (C=N–C) groups is 1. The van der Waals surface area contributed by atoms with Gasteiger partial charge in [0.2, 0.25) is 0 Å². The number of amidine groups is 1. The van der Waals surface area contributed by atoms with E-state index in [1.165, 1.54) is 35.8 Å². The number of carbonyl (C=O) groups is 4. The van der Waals surface area contributed by atoms with E-state index in [1.54, 1.807) is 24.3 Å². The van der Waals surface area contributed by atoms with Crippen molar-refractivity contribution < 1.29 is 23.9 Å². The Morgan fingerprint density at radius 2 is 1.74 bits per heavy atom. The van der Waals surface area contributed by atoms with Gasteiger partial charge in [-0.15, -0.1) is 0 Å². The van der Waals surface area contributed by atoms with Crippen molar-refractivity contribution in [2.45, 2.75) is 25.8 Å². The molecule has 238 valence electrons. The summed E-state index contributed by atoms with van der Waals surface area (Å²) in [5, 5.41) is 3.48. The monoisotopic (exact) mass is 678 g/mol. The third-order valence-corrected chi connectivity index (χ3v) is 9.31. The van der Waals surface area contributed by atoms with Crippen LogP contribution in [0.2, 0.25) is 10.0 Å². The van der Waals surface area contributed by atoms with Gasteiger partial charge in [-0.05, 0) is 98.1 Å². The van der Waals surface area contributed by atoms with E-state index in [0.717, 1.165) is 56.7 Å². The molecule has 0 saturated carbocycles. The molecule has 0 spiro atoms. The molecule has 3 amide bonds. The van der Waals surface area contributed by atoms with Gasteiger partial charge in [0.05, 0.1) is 28.3 Å². The lowest BCUT2D eigenvalue weighted by Crippen LogP contribution is -2.34. The highest BCUT2D eigenvalue weighted by atomic mass is 35.5. The fraction of sp³-hybridized carbons (Fsp3) is 0.265. The standard InChI is InChI=1S/C34H32Cl2N4O5S/c1-45-30(41)20-29-33(44)40(34(46-29)38-32(43)27-12-9-25(35)19-28(27)36)26-10-7-24(8-11-26)31(42)37-16-13-22-14-17-39(18-15-22)21-23-5-3-2-4-6-23/h2-12,19-20,22H,13-18,21H2,1H3,(H,37,42). The predicted octanol–water partition coefficient (Wildman–Crippen LogP) is 6.36. The summed E-state index contributed by atoms with van der Waals surface area (Å²) < 4.78 is 4.67. The number of methoxy groups -OCH3 is 1. The van der Waals surface area contributed by atoms with E-state index in [-0.39, 0.29) is 26.6 Å². The zero-order valence-corrected chi connectivity index (χ0v) is 27.4. The first-order valence-corrected chi connectivity index (χ1v) is 16.3. The molecule has 5 rings (SSSR count). The van der Waals surface area contributed by atoms with Crippen LogP contribution in [0, 0.1) is 5.92 Å². The molecule has 0 atom stereocenters. The van der Waals surface area contributed by atoms with E-state index >= 15 is 0 Å². The lowest BCUT2D eigenvalue weighted by molar-refractivity contribution is -0.135. The lowest BCUT2D eigenvalue weighted by atomic mass is 9.93. The molecule has 2 saturated heterocycles. The second kappa shape index (κ2) is 15.6. The third-order valence-electron chi connectivity index (χ3n) is 7.80. The Balaban J connectivity index is 1.21. The van der Waals surface area contributed by atoms with Crippen LogP contribution in [0.5, 0.6) is 0 Å². The Hall–Kier alpha value is -3.96. The Bertz CT molecular complexity index is 1670. The maximum absolute atomic E-state index is 13.3. The first-order valence-electron chi connectivity index (χ1n) is 14.8. The van der Waals surface area contributed by atoms with E-state index in [9.17, 15) is 19.2 Å². The van der Waals surface area contributed by atoms with Crippen molar-refractivity contribution in [1.82, 2.24) is 10.2 Å². The number of hydrogen-bond acceptors (Lipinski definition) is 7. The number of rotatable bonds is 9. The van der Waals surface area contributed by atoms with Crippen molar-refractivity contribution in [2.24, 2.45) is 10.9 Å². The van der Waals surface area contributed by atoms with Crippen molar-refractivity contribution >= 4 is 69.5 Å². The molecule has 2 heterocycles. The van der Waals surface area contributed by atoms with Crippen LogP contribution in [-0.4, -0.2) is 60.5 Å². The SMILES string of the molecule is COC(=O)C=C1SC(=NC(=O)c2ccc(Cl)cc2Cl)N(c2ccc(C(=O)NCCC3CCN(Cc4ccccc4)CC3)cc2)C1=O. The number of hydrogen-bond donors (Lipinski definition) is 1. The molecule has 2 fully saturated rings. The van der Waals surface area contributed by atoms with Crippen molar-refractivity contribution in [3.8, 4) is 0 Å². The van der Waals surface area contributed by atoms with Crippen LogP contribution in [0.15, 0.2) is 88.8 Å². The summed E-state index contributed by atoms with van der Waals surface area (Å²) in [5.74, 6) is -1.66. The first kappa shape index (κ1) is 33.4. The second-order valence-electron chi connectivity index (χ2n) is 10.9. The summed E-state index contributed by atoms with van der Waals surface area (Å²) in [6.07, 6.45) is 4.14. The van der Waals surface area contributed by atoms with E-state index in [4.69, 9.17) is 23.2 Å². The van der Waals surface area contributed by atoms with Crippen molar-refractivity contribution in [1.29, 1.82) is 0 Å². The minimum absolute atomic E-state index is 0.0168. The maximum atomic E-state index is 13.3. The molecule has 0 radical (unpaired) electrons. The van der Waals surface area contributed by atoms with Gasteiger partial charge in [-0.25, -0.2) is 4.79 Å².